The fraction of sp³-hybridized carbons (Fsp3) is 0.719. The number of carboxylic acid groups (broad SMARTS) is 1. The molecule has 1 N–H and O–H groups in total. The van der Waals surface area contributed by atoms with Gasteiger partial charge in [0.15, 0.2) is 0 Å². The monoisotopic (exact) mass is 462 g/mol. The third-order valence-corrected chi connectivity index (χ3v) is 11.6. The van der Waals surface area contributed by atoms with Crippen LogP contribution in [0.2, 0.25) is 0 Å². The third-order valence-electron chi connectivity index (χ3n) is 11.6. The largest absolute Gasteiger partial charge is 0.478 e. The van der Waals surface area contributed by atoms with Gasteiger partial charge in [-0.05, 0) is 116 Å². The summed E-state index contributed by atoms with van der Waals surface area (Å²) in [5.74, 6) is 4.82. The van der Waals surface area contributed by atoms with Gasteiger partial charge in [-0.1, -0.05) is 70.4 Å². The van der Waals surface area contributed by atoms with Gasteiger partial charge in [-0.2, -0.15) is 0 Å². The molecule has 0 aliphatic heterocycles. The van der Waals surface area contributed by atoms with E-state index in [2.05, 4.69) is 26.8 Å². The summed E-state index contributed by atoms with van der Waals surface area (Å²) in [5.41, 5.74) is 2.36. The van der Waals surface area contributed by atoms with Crippen LogP contribution in [0.3, 0.4) is 0 Å². The molecule has 4 fully saturated rings. The van der Waals surface area contributed by atoms with E-state index < -0.39 is 5.97 Å². The Morgan fingerprint density at radius 2 is 1.79 bits per heavy atom. The molecule has 0 radical (unpaired) electrons. The summed E-state index contributed by atoms with van der Waals surface area (Å²) in [6, 6.07) is 7.36. The zero-order valence-corrected chi connectivity index (χ0v) is 21.8. The molecule has 0 aromatic heterocycles. The Labute approximate surface area is 207 Å². The summed E-state index contributed by atoms with van der Waals surface area (Å²) in [5, 5.41) is 9.45. The highest BCUT2D eigenvalue weighted by Gasteiger charge is 2.60. The predicted octanol–water partition coefficient (Wildman–Crippen LogP) is 8.86. The Bertz CT molecular complexity index is 917. The first-order valence-electron chi connectivity index (χ1n) is 14.4. The normalized spacial score (nSPS) is 41.6. The van der Waals surface area contributed by atoms with E-state index in [1.165, 1.54) is 70.6 Å². The van der Waals surface area contributed by atoms with Crippen LogP contribution in [0.5, 0.6) is 0 Å². The average Bonchev–Trinajstić information content (AvgIpc) is 3.17. The molecule has 0 amide bonds. The summed E-state index contributed by atoms with van der Waals surface area (Å²) in [4.78, 5) is 11.5. The van der Waals surface area contributed by atoms with Crippen LogP contribution in [0, 0.1) is 46.3 Å². The minimum atomic E-state index is -0.838. The molecule has 0 spiro atoms. The third kappa shape index (κ3) is 3.97. The van der Waals surface area contributed by atoms with Crippen molar-refractivity contribution in [2.45, 2.75) is 97.8 Å². The van der Waals surface area contributed by atoms with Gasteiger partial charge in [-0.3, -0.25) is 0 Å². The van der Waals surface area contributed by atoms with E-state index in [9.17, 15) is 9.90 Å². The number of allylic oxidation sites excluding steroid dienone is 1. The van der Waals surface area contributed by atoms with Crippen LogP contribution in [0.4, 0.5) is 0 Å². The fourth-order valence-electron chi connectivity index (χ4n) is 9.95. The zero-order chi connectivity index (χ0) is 23.9. The number of benzene rings is 1. The molecule has 0 bridgehead atoms. The quantitative estimate of drug-likeness (QED) is 0.458. The van der Waals surface area contributed by atoms with Crippen LogP contribution >= 0.6 is 0 Å². The summed E-state index contributed by atoms with van der Waals surface area (Å²) in [6.07, 6.45) is 21.2. The Kier molecular flexibility index (Phi) is 6.73. The van der Waals surface area contributed by atoms with Crippen molar-refractivity contribution in [3.05, 3.63) is 41.5 Å². The van der Waals surface area contributed by atoms with Gasteiger partial charge in [0.1, 0.15) is 0 Å². The maximum atomic E-state index is 11.5. The van der Waals surface area contributed by atoms with Crippen molar-refractivity contribution in [2.24, 2.45) is 46.3 Å². The minimum Gasteiger partial charge on any atom is -0.478 e. The lowest BCUT2D eigenvalue weighted by atomic mass is 9.42. The second-order valence-electron chi connectivity index (χ2n) is 12.8. The minimum absolute atomic E-state index is 0.405. The zero-order valence-electron chi connectivity index (χ0n) is 21.8. The number of carbonyl (C=O) groups is 1. The number of rotatable bonds is 6. The molecule has 2 heteroatoms. The van der Waals surface area contributed by atoms with E-state index in [-0.39, 0.29) is 0 Å². The molecule has 6 unspecified atom stereocenters. The molecule has 4 aliphatic rings. The maximum Gasteiger partial charge on any atom is 0.336 e. The van der Waals surface area contributed by atoms with Crippen LogP contribution in [-0.4, -0.2) is 11.1 Å². The maximum absolute atomic E-state index is 11.5. The number of fused-ring (bicyclic) bond motifs is 5. The van der Waals surface area contributed by atoms with Crippen molar-refractivity contribution in [3.63, 3.8) is 0 Å². The molecule has 8 atom stereocenters. The second kappa shape index (κ2) is 9.47. The smallest absolute Gasteiger partial charge is 0.336 e. The summed E-state index contributed by atoms with van der Waals surface area (Å²) >= 11 is 0. The molecular weight excluding hydrogens is 416 g/mol. The summed E-state index contributed by atoms with van der Waals surface area (Å²) < 4.78 is 0. The van der Waals surface area contributed by atoms with E-state index in [0.29, 0.717) is 16.4 Å². The lowest BCUT2D eigenvalue weighted by Crippen LogP contribution is -2.55. The van der Waals surface area contributed by atoms with E-state index in [4.69, 9.17) is 0 Å². The Morgan fingerprint density at radius 1 is 1.00 bits per heavy atom. The van der Waals surface area contributed by atoms with Crippen LogP contribution in [0.25, 0.3) is 6.08 Å². The van der Waals surface area contributed by atoms with Crippen molar-refractivity contribution in [3.8, 4) is 0 Å². The van der Waals surface area contributed by atoms with Crippen molar-refractivity contribution in [1.29, 1.82) is 0 Å². The van der Waals surface area contributed by atoms with Crippen molar-refractivity contribution in [2.75, 3.05) is 0 Å². The lowest BCUT2D eigenvalue weighted by Gasteiger charge is -2.62. The Balaban J connectivity index is 1.27. The summed E-state index contributed by atoms with van der Waals surface area (Å²) in [7, 11) is 0. The van der Waals surface area contributed by atoms with E-state index >= 15 is 0 Å². The Hall–Kier alpha value is -1.57. The number of carboxylic acids is 1. The van der Waals surface area contributed by atoms with Gasteiger partial charge in [0.25, 0.3) is 0 Å². The van der Waals surface area contributed by atoms with Gasteiger partial charge in [0, 0.05) is 0 Å². The molecule has 1 aromatic rings. The molecule has 4 aliphatic carbocycles. The van der Waals surface area contributed by atoms with Gasteiger partial charge in [-0.15, -0.1) is 0 Å². The average molecular weight is 463 g/mol. The van der Waals surface area contributed by atoms with E-state index in [0.717, 1.165) is 47.5 Å². The number of aromatic carboxylic acids is 1. The molecule has 186 valence electrons. The van der Waals surface area contributed by atoms with Gasteiger partial charge < -0.3 is 5.11 Å². The van der Waals surface area contributed by atoms with Crippen LogP contribution < -0.4 is 0 Å². The van der Waals surface area contributed by atoms with Gasteiger partial charge in [-0.25, -0.2) is 4.79 Å². The molecule has 34 heavy (non-hydrogen) atoms. The first-order valence-corrected chi connectivity index (χ1v) is 14.4. The fourth-order valence-corrected chi connectivity index (χ4v) is 9.95. The standard InChI is InChI=1S/C32H46O2/c1-4-22-21-26-28-17-16-24(13-7-5-11-23-12-6-8-14-25(23)30(33)34)31(28,2)20-18-29(26)32(3)19-10-9-15-27(22)32/h5-6,8,11-12,14,22,24,26-29H,4,7,9-10,13,15-21H2,1-3H3,(H,33,34)/b11-5+/t22-,24?,26?,27?,28?,29-,31?,32?/m0/s1. The predicted molar refractivity (Wildman–Crippen MR) is 141 cm³/mol. The highest BCUT2D eigenvalue weighted by Crippen LogP contribution is 2.69. The first-order chi connectivity index (χ1) is 16.4. The molecule has 2 nitrogen and oxygen atoms in total. The highest BCUT2D eigenvalue weighted by atomic mass is 16.4. The topological polar surface area (TPSA) is 37.3 Å². The Morgan fingerprint density at radius 3 is 2.59 bits per heavy atom. The van der Waals surface area contributed by atoms with Crippen molar-refractivity contribution < 1.29 is 9.90 Å². The molecule has 0 heterocycles. The summed E-state index contributed by atoms with van der Waals surface area (Å²) in [6.45, 7) is 7.84. The van der Waals surface area contributed by atoms with Gasteiger partial charge in [0.05, 0.1) is 5.56 Å². The van der Waals surface area contributed by atoms with Crippen LogP contribution in [0.15, 0.2) is 30.3 Å². The van der Waals surface area contributed by atoms with Crippen molar-refractivity contribution in [1.82, 2.24) is 0 Å². The van der Waals surface area contributed by atoms with Crippen LogP contribution in [0.1, 0.15) is 114 Å². The molecular formula is C32H46O2. The highest BCUT2D eigenvalue weighted by molar-refractivity contribution is 5.92. The lowest BCUT2D eigenvalue weighted by molar-refractivity contribution is -0.135. The number of hydrogen-bond acceptors (Lipinski definition) is 1. The first kappa shape index (κ1) is 24.1. The second-order valence-corrected chi connectivity index (χ2v) is 12.8. The number of hydrogen-bond donors (Lipinski definition) is 1. The van der Waals surface area contributed by atoms with Gasteiger partial charge in [0.2, 0.25) is 0 Å². The van der Waals surface area contributed by atoms with E-state index in [1.807, 2.05) is 18.2 Å². The molecule has 4 saturated carbocycles. The molecule has 5 rings (SSSR count). The SMILES string of the molecule is CC[C@H]1CC2C3CCC(CC/C=C/c4ccccc4C(=O)O)C3(C)CC[C@@H]2C2(C)CCCCC12. The molecule has 1 aromatic carbocycles. The van der Waals surface area contributed by atoms with Crippen molar-refractivity contribution >= 4 is 12.0 Å². The molecule has 0 saturated heterocycles. The van der Waals surface area contributed by atoms with Crippen LogP contribution in [-0.2, 0) is 0 Å². The van der Waals surface area contributed by atoms with E-state index in [1.54, 1.807) is 12.1 Å². The van der Waals surface area contributed by atoms with Gasteiger partial charge >= 0.3 is 5.97 Å².